The molecule has 2 rings (SSSR count). The van der Waals surface area contributed by atoms with Gasteiger partial charge in [0.2, 0.25) is 0 Å². The summed E-state index contributed by atoms with van der Waals surface area (Å²) < 4.78 is 7.50. The monoisotopic (exact) mass is 305 g/mol. The van der Waals surface area contributed by atoms with Gasteiger partial charge >= 0.3 is 0 Å². The van der Waals surface area contributed by atoms with Gasteiger partial charge in [-0.2, -0.15) is 5.26 Å². The molecule has 1 heterocycles. The number of para-hydroxylation sites is 1. The van der Waals surface area contributed by atoms with E-state index in [2.05, 4.69) is 22.5 Å². The molecule has 1 aromatic carbocycles. The fourth-order valence-electron chi connectivity index (χ4n) is 2.70. The van der Waals surface area contributed by atoms with Gasteiger partial charge < -0.3 is 9.30 Å². The number of methoxy groups -OCH3 is 1. The number of imidazole rings is 1. The Morgan fingerprint density at radius 1 is 1.48 bits per heavy atom. The van der Waals surface area contributed by atoms with Crippen LogP contribution in [-0.2, 0) is 4.74 Å². The predicted octanol–water partition coefficient (Wildman–Crippen LogP) is 4.20. The first-order valence-corrected chi connectivity index (χ1v) is 7.61. The Morgan fingerprint density at radius 2 is 2.24 bits per heavy atom. The lowest BCUT2D eigenvalue weighted by Gasteiger charge is -2.21. The number of hydrogen-bond donors (Lipinski definition) is 0. The lowest BCUT2D eigenvalue weighted by molar-refractivity contribution is 0.150. The molecule has 0 saturated carbocycles. The fourth-order valence-corrected chi connectivity index (χ4v) is 2.86. The van der Waals surface area contributed by atoms with Crippen LogP contribution in [0.4, 0.5) is 0 Å². The van der Waals surface area contributed by atoms with Crippen molar-refractivity contribution in [2.24, 2.45) is 0 Å². The van der Waals surface area contributed by atoms with Crippen LogP contribution in [0, 0.1) is 11.3 Å². The van der Waals surface area contributed by atoms with Gasteiger partial charge in [-0.1, -0.05) is 19.4 Å². The molecular formula is C16H20ClN3O. The second kappa shape index (κ2) is 6.93. The van der Waals surface area contributed by atoms with Crippen molar-refractivity contribution in [1.82, 2.24) is 9.55 Å². The second-order valence-electron chi connectivity index (χ2n) is 5.14. The molecule has 0 radical (unpaired) electrons. The Balaban J connectivity index is 2.69. The van der Waals surface area contributed by atoms with Crippen molar-refractivity contribution in [3.05, 3.63) is 29.6 Å². The summed E-state index contributed by atoms with van der Waals surface area (Å²) >= 11 is 6.31. The number of nitriles is 1. The van der Waals surface area contributed by atoms with Gasteiger partial charge in [-0.25, -0.2) is 4.98 Å². The zero-order valence-corrected chi connectivity index (χ0v) is 13.4. The Kier molecular flexibility index (Phi) is 5.22. The topological polar surface area (TPSA) is 50.8 Å². The molecule has 4 nitrogen and oxygen atoms in total. The van der Waals surface area contributed by atoms with Gasteiger partial charge in [0.25, 0.3) is 0 Å². The summed E-state index contributed by atoms with van der Waals surface area (Å²) in [4.78, 5) is 4.62. The molecule has 0 amide bonds. The quantitative estimate of drug-likeness (QED) is 0.752. The van der Waals surface area contributed by atoms with E-state index < -0.39 is 0 Å². The van der Waals surface area contributed by atoms with Crippen LogP contribution in [0.5, 0.6) is 0 Å². The van der Waals surface area contributed by atoms with Crippen molar-refractivity contribution >= 4 is 22.6 Å². The number of hydrogen-bond acceptors (Lipinski definition) is 3. The largest absolute Gasteiger partial charge is 0.383 e. The van der Waals surface area contributed by atoms with E-state index in [0.717, 1.165) is 29.7 Å². The third-order valence-corrected chi connectivity index (χ3v) is 3.76. The molecule has 0 aliphatic rings. The van der Waals surface area contributed by atoms with Crippen LogP contribution in [-0.4, -0.2) is 23.3 Å². The molecule has 0 bridgehead atoms. The average Bonchev–Trinajstić information content (AvgIpc) is 2.86. The van der Waals surface area contributed by atoms with Gasteiger partial charge in [-0.05, 0) is 25.5 Å². The molecule has 0 aliphatic heterocycles. The Bertz CT molecular complexity index is 651. The number of fused-ring (bicyclic) bond motifs is 1. The first-order valence-electron chi connectivity index (χ1n) is 7.18. The van der Waals surface area contributed by atoms with E-state index in [1.807, 2.05) is 19.1 Å². The highest BCUT2D eigenvalue weighted by atomic mass is 35.5. The summed E-state index contributed by atoms with van der Waals surface area (Å²) in [5, 5.41) is 9.04. The number of rotatable bonds is 6. The average molecular weight is 306 g/mol. The number of benzene rings is 1. The number of aromatic nitrogens is 2. The first-order chi connectivity index (χ1) is 10.1. The van der Waals surface area contributed by atoms with Gasteiger partial charge in [-0.15, -0.1) is 11.6 Å². The summed E-state index contributed by atoms with van der Waals surface area (Å²) in [7, 11) is 1.70. The summed E-state index contributed by atoms with van der Waals surface area (Å²) in [6.07, 6.45) is 2.02. The zero-order valence-electron chi connectivity index (χ0n) is 12.6. The molecule has 2 aromatic rings. The molecule has 21 heavy (non-hydrogen) atoms. The molecule has 0 saturated heterocycles. The minimum atomic E-state index is -0.222. The van der Waals surface area contributed by atoms with Crippen molar-refractivity contribution < 1.29 is 4.74 Å². The lowest BCUT2D eigenvalue weighted by Crippen LogP contribution is -2.17. The van der Waals surface area contributed by atoms with E-state index in [0.29, 0.717) is 12.2 Å². The third kappa shape index (κ3) is 3.04. The summed E-state index contributed by atoms with van der Waals surface area (Å²) in [6, 6.07) is 8.04. The predicted molar refractivity (Wildman–Crippen MR) is 84.5 cm³/mol. The second-order valence-corrected chi connectivity index (χ2v) is 5.79. The highest BCUT2D eigenvalue weighted by Crippen LogP contribution is 2.31. The van der Waals surface area contributed by atoms with Gasteiger partial charge in [-0.3, -0.25) is 0 Å². The van der Waals surface area contributed by atoms with E-state index in [1.54, 1.807) is 13.2 Å². The summed E-state index contributed by atoms with van der Waals surface area (Å²) in [5.41, 5.74) is 2.25. The lowest BCUT2D eigenvalue weighted by atomic mass is 10.1. The first kappa shape index (κ1) is 15.8. The highest BCUT2D eigenvalue weighted by molar-refractivity contribution is 6.20. The molecule has 0 aliphatic carbocycles. The fraction of sp³-hybridized carbons (Fsp3) is 0.500. The SMILES string of the molecule is CCCC(COC)n1c(C(C)Cl)nc2c(C#N)cccc21. The van der Waals surface area contributed by atoms with Crippen molar-refractivity contribution in [3.63, 3.8) is 0 Å². The molecule has 2 atom stereocenters. The normalized spacial score (nSPS) is 14.0. The van der Waals surface area contributed by atoms with Crippen molar-refractivity contribution in [2.75, 3.05) is 13.7 Å². The van der Waals surface area contributed by atoms with E-state index in [9.17, 15) is 5.26 Å². The standard InChI is InChI=1S/C16H20ClN3O/c1-4-6-13(10-21-3)20-14-8-5-7-12(9-18)15(14)19-16(20)11(2)17/h5,7-8,11,13H,4,6,10H2,1-3H3. The Hall–Kier alpha value is -1.57. The van der Waals surface area contributed by atoms with Crippen LogP contribution in [0.3, 0.4) is 0 Å². The van der Waals surface area contributed by atoms with Crippen LogP contribution in [0.1, 0.15) is 49.5 Å². The number of ether oxygens (including phenoxy) is 1. The molecule has 1 aromatic heterocycles. The molecule has 2 unspecified atom stereocenters. The van der Waals surface area contributed by atoms with E-state index in [1.165, 1.54) is 0 Å². The van der Waals surface area contributed by atoms with Crippen molar-refractivity contribution in [2.45, 2.75) is 38.1 Å². The maximum Gasteiger partial charge on any atom is 0.128 e. The number of halogens is 1. The van der Waals surface area contributed by atoms with Gasteiger partial charge in [0.1, 0.15) is 17.4 Å². The smallest absolute Gasteiger partial charge is 0.128 e. The van der Waals surface area contributed by atoms with E-state index in [-0.39, 0.29) is 11.4 Å². The van der Waals surface area contributed by atoms with Gasteiger partial charge in [0.05, 0.1) is 29.1 Å². The van der Waals surface area contributed by atoms with Crippen LogP contribution < -0.4 is 0 Å². The number of nitrogens with zero attached hydrogens (tertiary/aromatic N) is 3. The Morgan fingerprint density at radius 3 is 2.81 bits per heavy atom. The summed E-state index contributed by atoms with van der Waals surface area (Å²) in [6.45, 7) is 4.65. The molecule has 0 spiro atoms. The van der Waals surface area contributed by atoms with Crippen molar-refractivity contribution in [1.29, 1.82) is 5.26 Å². The summed E-state index contributed by atoms with van der Waals surface area (Å²) in [5.74, 6) is 0.796. The van der Waals surface area contributed by atoms with E-state index in [4.69, 9.17) is 16.3 Å². The van der Waals surface area contributed by atoms with Crippen LogP contribution in [0.2, 0.25) is 0 Å². The maximum atomic E-state index is 9.26. The molecule has 112 valence electrons. The van der Waals surface area contributed by atoms with Gasteiger partial charge in [0, 0.05) is 7.11 Å². The Labute approximate surface area is 130 Å². The number of alkyl halides is 1. The third-order valence-electron chi connectivity index (χ3n) is 3.57. The molecule has 5 heteroatoms. The van der Waals surface area contributed by atoms with Crippen molar-refractivity contribution in [3.8, 4) is 6.07 Å². The highest BCUT2D eigenvalue weighted by Gasteiger charge is 2.22. The molecule has 0 N–H and O–H groups in total. The maximum absolute atomic E-state index is 9.26. The minimum absolute atomic E-state index is 0.176. The molecule has 0 fully saturated rings. The van der Waals surface area contributed by atoms with Crippen LogP contribution >= 0.6 is 11.6 Å². The van der Waals surface area contributed by atoms with Crippen LogP contribution in [0.25, 0.3) is 11.0 Å². The van der Waals surface area contributed by atoms with Gasteiger partial charge in [0.15, 0.2) is 0 Å². The minimum Gasteiger partial charge on any atom is -0.383 e. The molecular weight excluding hydrogens is 286 g/mol. The van der Waals surface area contributed by atoms with E-state index >= 15 is 0 Å². The van der Waals surface area contributed by atoms with Crippen LogP contribution in [0.15, 0.2) is 18.2 Å². The zero-order chi connectivity index (χ0) is 15.4.